The average Bonchev–Trinajstić information content (AvgIpc) is 3.13. The molecule has 2 aromatic rings. The molecule has 0 saturated carbocycles. The molecule has 4 aliphatic rings. The number of nitrogens with zero attached hydrogens (tertiary/aromatic N) is 1. The maximum absolute atomic E-state index is 12.0. The number of carbonyl (C=O) groups is 1. The summed E-state index contributed by atoms with van der Waals surface area (Å²) in [5.74, 6) is 0.548. The van der Waals surface area contributed by atoms with Crippen molar-refractivity contribution in [3.05, 3.63) is 82.4 Å². The van der Waals surface area contributed by atoms with E-state index in [-0.39, 0.29) is 35.4 Å². The zero-order chi connectivity index (χ0) is 21.0. The van der Waals surface area contributed by atoms with Crippen molar-refractivity contribution in [2.75, 3.05) is 12.9 Å². The minimum atomic E-state index is -3.33. The normalized spacial score (nSPS) is 28.5. The van der Waals surface area contributed by atoms with E-state index < -0.39 is 10.0 Å². The van der Waals surface area contributed by atoms with Gasteiger partial charge in [-0.25, -0.2) is 13.2 Å². The molecule has 0 N–H and O–H groups in total. The maximum atomic E-state index is 12.0. The Morgan fingerprint density at radius 3 is 2.40 bits per heavy atom. The highest BCUT2D eigenvalue weighted by Crippen LogP contribution is 2.59. The summed E-state index contributed by atoms with van der Waals surface area (Å²) in [6.07, 6.45) is 2.73. The highest BCUT2D eigenvalue weighted by atomic mass is 32.2. The van der Waals surface area contributed by atoms with E-state index in [2.05, 4.69) is 41.7 Å². The van der Waals surface area contributed by atoms with Crippen LogP contribution < -0.4 is 0 Å². The molecule has 0 saturated heterocycles. The first-order valence-electron chi connectivity index (χ1n) is 10.2. The van der Waals surface area contributed by atoms with Crippen molar-refractivity contribution in [3.63, 3.8) is 0 Å². The summed E-state index contributed by atoms with van der Waals surface area (Å²) < 4.78 is 32.8. The van der Waals surface area contributed by atoms with Crippen LogP contribution in [-0.4, -0.2) is 33.0 Å². The molecule has 0 amide bonds. The third-order valence-corrected chi connectivity index (χ3v) is 7.98. The second-order valence-corrected chi connectivity index (χ2v) is 10.1. The molecular weight excluding hydrogens is 398 g/mol. The third kappa shape index (κ3) is 2.93. The van der Waals surface area contributed by atoms with Crippen LogP contribution >= 0.6 is 0 Å². The summed E-state index contributed by atoms with van der Waals surface area (Å²) in [6, 6.07) is 16.1. The summed E-state index contributed by atoms with van der Waals surface area (Å²) in [5.41, 5.74) is 6.10. The minimum absolute atomic E-state index is 0.103. The molecular formula is C24H23NO4S. The number of fused-ring (bicyclic) bond motifs is 1. The molecule has 6 rings (SSSR count). The molecule has 30 heavy (non-hydrogen) atoms. The van der Waals surface area contributed by atoms with Crippen molar-refractivity contribution in [2.45, 2.75) is 31.1 Å². The molecule has 5 nitrogen and oxygen atoms in total. The van der Waals surface area contributed by atoms with Gasteiger partial charge in [0.15, 0.2) is 0 Å². The number of esters is 1. The molecule has 3 aliphatic carbocycles. The SMILES string of the molecule is COC(=O)c1ccc(C2C3C=C(C4=NS(=O)(=O)CC4)C(c4ccccc43)C2C)cc1. The average molecular weight is 422 g/mol. The predicted octanol–water partition coefficient (Wildman–Crippen LogP) is 4.19. The van der Waals surface area contributed by atoms with E-state index in [1.54, 1.807) is 0 Å². The Balaban J connectivity index is 1.60. The van der Waals surface area contributed by atoms with Crippen molar-refractivity contribution < 1.29 is 17.9 Å². The molecule has 4 unspecified atom stereocenters. The molecule has 2 aromatic carbocycles. The highest BCUT2D eigenvalue weighted by Gasteiger charge is 2.47. The van der Waals surface area contributed by atoms with E-state index in [1.807, 2.05) is 24.3 Å². The number of hydrogen-bond acceptors (Lipinski definition) is 4. The van der Waals surface area contributed by atoms with E-state index in [9.17, 15) is 13.2 Å². The first kappa shape index (κ1) is 19.2. The van der Waals surface area contributed by atoms with Crippen molar-refractivity contribution in [1.82, 2.24) is 0 Å². The molecule has 0 aromatic heterocycles. The quantitative estimate of drug-likeness (QED) is 0.697. The third-order valence-electron chi connectivity index (χ3n) is 6.76. The van der Waals surface area contributed by atoms with Crippen LogP contribution in [0.4, 0.5) is 0 Å². The largest absolute Gasteiger partial charge is 0.465 e. The fourth-order valence-electron chi connectivity index (χ4n) is 5.48. The molecule has 4 atom stereocenters. The fraction of sp³-hybridized carbons (Fsp3) is 0.333. The molecule has 1 heterocycles. The lowest BCUT2D eigenvalue weighted by Crippen LogP contribution is -2.36. The van der Waals surface area contributed by atoms with Gasteiger partial charge >= 0.3 is 5.97 Å². The summed E-state index contributed by atoms with van der Waals surface area (Å²) in [7, 11) is -1.95. The van der Waals surface area contributed by atoms with Crippen molar-refractivity contribution in [3.8, 4) is 0 Å². The van der Waals surface area contributed by atoms with E-state index in [0.717, 1.165) is 11.3 Å². The summed E-state index contributed by atoms with van der Waals surface area (Å²) in [5, 5.41) is 0. The van der Waals surface area contributed by atoms with Crippen LogP contribution in [0.3, 0.4) is 0 Å². The lowest BCUT2D eigenvalue weighted by Gasteiger charge is -2.48. The second-order valence-electron chi connectivity index (χ2n) is 8.33. The number of allylic oxidation sites excluding steroid dienone is 2. The van der Waals surface area contributed by atoms with Crippen LogP contribution in [-0.2, 0) is 14.8 Å². The predicted molar refractivity (Wildman–Crippen MR) is 116 cm³/mol. The Morgan fingerprint density at radius 2 is 1.77 bits per heavy atom. The lowest BCUT2D eigenvalue weighted by atomic mass is 9.55. The Hall–Kier alpha value is -2.73. The number of sulfonamides is 1. The Morgan fingerprint density at radius 1 is 1.07 bits per heavy atom. The van der Waals surface area contributed by atoms with Gasteiger partial charge in [-0.15, -0.1) is 0 Å². The molecule has 2 bridgehead atoms. The van der Waals surface area contributed by atoms with Crippen LogP contribution in [0.15, 0.2) is 64.6 Å². The number of hydrogen-bond donors (Lipinski definition) is 0. The van der Waals surface area contributed by atoms with E-state index in [0.29, 0.717) is 12.0 Å². The zero-order valence-corrected chi connectivity index (χ0v) is 17.7. The molecule has 0 radical (unpaired) electrons. The molecule has 1 aliphatic heterocycles. The minimum Gasteiger partial charge on any atom is -0.465 e. The topological polar surface area (TPSA) is 72.8 Å². The Labute approximate surface area is 176 Å². The van der Waals surface area contributed by atoms with Gasteiger partial charge < -0.3 is 4.74 Å². The van der Waals surface area contributed by atoms with Crippen LogP contribution in [0.25, 0.3) is 0 Å². The first-order valence-corrected chi connectivity index (χ1v) is 11.8. The number of methoxy groups -OCH3 is 1. The van der Waals surface area contributed by atoms with Crippen LogP contribution in [0, 0.1) is 5.92 Å². The number of ether oxygens (including phenoxy) is 1. The summed E-state index contributed by atoms with van der Waals surface area (Å²) in [6.45, 7) is 2.24. The van der Waals surface area contributed by atoms with Crippen LogP contribution in [0.5, 0.6) is 0 Å². The van der Waals surface area contributed by atoms with Gasteiger partial charge in [-0.1, -0.05) is 49.4 Å². The first-order chi connectivity index (χ1) is 14.4. The number of carbonyl (C=O) groups excluding carboxylic acids is 1. The van der Waals surface area contributed by atoms with Crippen LogP contribution in [0.1, 0.15) is 58.1 Å². The van der Waals surface area contributed by atoms with Gasteiger partial charge in [0.25, 0.3) is 10.0 Å². The molecule has 6 heteroatoms. The standard InChI is InChI=1S/C24H23NO4S/c1-14-22(15-7-9-16(10-8-15)24(26)29-2)19-13-20(21-11-12-30(27,28)25-21)23(14)18-6-4-3-5-17(18)19/h3-10,13-14,19,22-23H,11-12H2,1-2H3. The second kappa shape index (κ2) is 6.91. The van der Waals surface area contributed by atoms with E-state index in [4.69, 9.17) is 4.74 Å². The lowest BCUT2D eigenvalue weighted by molar-refractivity contribution is 0.0600. The fourth-order valence-corrected chi connectivity index (χ4v) is 6.55. The summed E-state index contributed by atoms with van der Waals surface area (Å²) >= 11 is 0. The maximum Gasteiger partial charge on any atom is 0.337 e. The molecule has 154 valence electrons. The van der Waals surface area contributed by atoms with E-state index in [1.165, 1.54) is 23.8 Å². The number of rotatable bonds is 3. The monoisotopic (exact) mass is 421 g/mol. The van der Waals surface area contributed by atoms with Gasteiger partial charge in [0, 0.05) is 18.3 Å². The van der Waals surface area contributed by atoms with Gasteiger partial charge in [0.2, 0.25) is 0 Å². The van der Waals surface area contributed by atoms with E-state index >= 15 is 0 Å². The van der Waals surface area contributed by atoms with Gasteiger partial charge in [0.1, 0.15) is 0 Å². The smallest absolute Gasteiger partial charge is 0.337 e. The highest BCUT2D eigenvalue weighted by molar-refractivity contribution is 7.90. The van der Waals surface area contributed by atoms with Crippen molar-refractivity contribution in [2.24, 2.45) is 10.3 Å². The Kier molecular flexibility index (Phi) is 4.43. The van der Waals surface area contributed by atoms with Gasteiger partial charge in [-0.3, -0.25) is 0 Å². The van der Waals surface area contributed by atoms with Gasteiger partial charge in [-0.2, -0.15) is 4.40 Å². The van der Waals surface area contributed by atoms with Gasteiger partial charge in [0.05, 0.1) is 24.1 Å². The molecule has 0 spiro atoms. The Bertz CT molecular complexity index is 1190. The van der Waals surface area contributed by atoms with Gasteiger partial charge in [-0.05, 0) is 46.2 Å². The number of benzene rings is 2. The summed E-state index contributed by atoms with van der Waals surface area (Å²) in [4.78, 5) is 11.8. The van der Waals surface area contributed by atoms with Crippen molar-refractivity contribution >= 4 is 21.7 Å². The van der Waals surface area contributed by atoms with Crippen molar-refractivity contribution in [1.29, 1.82) is 0 Å². The molecule has 0 fully saturated rings. The zero-order valence-electron chi connectivity index (χ0n) is 16.9. The van der Waals surface area contributed by atoms with Crippen LogP contribution in [0.2, 0.25) is 0 Å².